The second-order valence-electron chi connectivity index (χ2n) is 7.29. The molecule has 4 nitrogen and oxygen atoms in total. The highest BCUT2D eigenvalue weighted by molar-refractivity contribution is 5.79. The highest BCUT2D eigenvalue weighted by Crippen LogP contribution is 2.25. The molecule has 2 N–H and O–H groups in total. The fourth-order valence-electron chi connectivity index (χ4n) is 3.18. The second kappa shape index (κ2) is 9.86. The molecule has 2 amide bonds. The van der Waals surface area contributed by atoms with Crippen LogP contribution in [-0.4, -0.2) is 23.9 Å². The Morgan fingerprint density at radius 2 is 0.955 bits per heavy atom. The zero-order chi connectivity index (χ0) is 16.5. The SMILES string of the molecule is CC(C)NC(=O)C1CCCC1.CC(C)NC(=O)C1CCCC1. The van der Waals surface area contributed by atoms with Crippen molar-refractivity contribution in [3.63, 3.8) is 0 Å². The maximum Gasteiger partial charge on any atom is 0.223 e. The lowest BCUT2D eigenvalue weighted by Crippen LogP contribution is -2.34. The second-order valence-corrected chi connectivity index (χ2v) is 7.29. The number of rotatable bonds is 4. The molecule has 2 fully saturated rings. The lowest BCUT2D eigenvalue weighted by molar-refractivity contribution is -0.126. The molecule has 0 spiro atoms. The average molecular weight is 310 g/mol. The number of hydrogen-bond donors (Lipinski definition) is 2. The van der Waals surface area contributed by atoms with Crippen LogP contribution in [0.4, 0.5) is 0 Å². The Bertz CT molecular complexity index is 307. The molecule has 0 radical (unpaired) electrons. The molecule has 0 aromatic rings. The van der Waals surface area contributed by atoms with Crippen LogP contribution in [0, 0.1) is 11.8 Å². The van der Waals surface area contributed by atoms with Gasteiger partial charge in [-0.25, -0.2) is 0 Å². The first kappa shape index (κ1) is 19.0. The summed E-state index contributed by atoms with van der Waals surface area (Å²) in [6.07, 6.45) is 9.31. The quantitative estimate of drug-likeness (QED) is 0.836. The first-order chi connectivity index (χ1) is 10.4. The van der Waals surface area contributed by atoms with Crippen molar-refractivity contribution in [2.45, 2.75) is 91.1 Å². The maximum atomic E-state index is 11.3. The van der Waals surface area contributed by atoms with Gasteiger partial charge in [0.2, 0.25) is 11.8 Å². The van der Waals surface area contributed by atoms with Gasteiger partial charge < -0.3 is 10.6 Å². The van der Waals surface area contributed by atoms with E-state index in [2.05, 4.69) is 10.6 Å². The fourth-order valence-corrected chi connectivity index (χ4v) is 3.18. The topological polar surface area (TPSA) is 58.2 Å². The van der Waals surface area contributed by atoms with Crippen LogP contribution >= 0.6 is 0 Å². The standard InChI is InChI=1S/2C9H17NO/c2*1-7(2)10-9(11)8-5-3-4-6-8/h2*7-8H,3-6H2,1-2H3,(H,10,11). The van der Waals surface area contributed by atoms with Crippen molar-refractivity contribution in [3.05, 3.63) is 0 Å². The van der Waals surface area contributed by atoms with Crippen LogP contribution in [0.15, 0.2) is 0 Å². The van der Waals surface area contributed by atoms with Crippen LogP contribution in [0.1, 0.15) is 79.1 Å². The minimum atomic E-state index is 0.262. The van der Waals surface area contributed by atoms with Gasteiger partial charge in [-0.15, -0.1) is 0 Å². The summed E-state index contributed by atoms with van der Waals surface area (Å²) in [4.78, 5) is 22.7. The minimum absolute atomic E-state index is 0.262. The third kappa shape index (κ3) is 7.28. The average Bonchev–Trinajstić information content (AvgIpc) is 3.12. The van der Waals surface area contributed by atoms with E-state index in [0.717, 1.165) is 25.7 Å². The number of hydrogen-bond acceptors (Lipinski definition) is 2. The zero-order valence-corrected chi connectivity index (χ0v) is 14.8. The Morgan fingerprint density at radius 3 is 1.18 bits per heavy atom. The van der Waals surface area contributed by atoms with Gasteiger partial charge in [-0.05, 0) is 53.4 Å². The summed E-state index contributed by atoms with van der Waals surface area (Å²) in [5.41, 5.74) is 0. The van der Waals surface area contributed by atoms with Gasteiger partial charge in [0.25, 0.3) is 0 Å². The highest BCUT2D eigenvalue weighted by Gasteiger charge is 2.23. The molecule has 0 aromatic heterocycles. The Kier molecular flexibility index (Phi) is 8.51. The summed E-state index contributed by atoms with van der Waals surface area (Å²) in [7, 11) is 0. The van der Waals surface area contributed by atoms with Crippen LogP contribution in [0.5, 0.6) is 0 Å². The van der Waals surface area contributed by atoms with Gasteiger partial charge in [-0.3, -0.25) is 9.59 Å². The zero-order valence-electron chi connectivity index (χ0n) is 14.8. The van der Waals surface area contributed by atoms with Crippen molar-refractivity contribution in [1.82, 2.24) is 10.6 Å². The van der Waals surface area contributed by atoms with Gasteiger partial charge >= 0.3 is 0 Å². The molecule has 2 aliphatic carbocycles. The van der Waals surface area contributed by atoms with E-state index in [1.54, 1.807) is 0 Å². The maximum absolute atomic E-state index is 11.3. The van der Waals surface area contributed by atoms with Crippen LogP contribution in [-0.2, 0) is 9.59 Å². The minimum Gasteiger partial charge on any atom is -0.354 e. The highest BCUT2D eigenvalue weighted by atomic mass is 16.2. The Labute approximate surface area is 135 Å². The molecule has 4 heteroatoms. The lowest BCUT2D eigenvalue weighted by atomic mass is 10.1. The number of carbonyl (C=O) groups excluding carboxylic acids is 2. The van der Waals surface area contributed by atoms with Crippen molar-refractivity contribution in [1.29, 1.82) is 0 Å². The predicted molar refractivity (Wildman–Crippen MR) is 90.5 cm³/mol. The van der Waals surface area contributed by atoms with Crippen molar-refractivity contribution < 1.29 is 9.59 Å². The third-order valence-electron chi connectivity index (χ3n) is 4.31. The molecule has 0 atom stereocenters. The molecule has 128 valence electrons. The smallest absolute Gasteiger partial charge is 0.223 e. The molecular formula is C18H34N2O2. The lowest BCUT2D eigenvalue weighted by Gasteiger charge is -2.12. The van der Waals surface area contributed by atoms with E-state index in [1.807, 2.05) is 27.7 Å². The van der Waals surface area contributed by atoms with Gasteiger partial charge in [0.15, 0.2) is 0 Å². The number of carbonyl (C=O) groups is 2. The van der Waals surface area contributed by atoms with Gasteiger partial charge in [-0.1, -0.05) is 25.7 Å². The molecule has 2 saturated carbocycles. The van der Waals surface area contributed by atoms with Crippen molar-refractivity contribution in [2.24, 2.45) is 11.8 Å². The van der Waals surface area contributed by atoms with E-state index in [-0.39, 0.29) is 11.8 Å². The Morgan fingerprint density at radius 1 is 0.682 bits per heavy atom. The molecular weight excluding hydrogens is 276 g/mol. The first-order valence-electron chi connectivity index (χ1n) is 9.01. The molecule has 0 aromatic carbocycles. The van der Waals surface area contributed by atoms with Crippen molar-refractivity contribution in [3.8, 4) is 0 Å². The summed E-state index contributed by atoms with van der Waals surface area (Å²) >= 11 is 0. The number of nitrogens with one attached hydrogen (secondary N) is 2. The van der Waals surface area contributed by atoms with Gasteiger partial charge in [0.05, 0.1) is 0 Å². The molecule has 0 bridgehead atoms. The van der Waals surface area contributed by atoms with Crippen molar-refractivity contribution in [2.75, 3.05) is 0 Å². The molecule has 22 heavy (non-hydrogen) atoms. The molecule has 0 aliphatic heterocycles. The summed E-state index contributed by atoms with van der Waals surface area (Å²) in [6, 6.07) is 0.589. The van der Waals surface area contributed by atoms with Gasteiger partial charge in [0, 0.05) is 23.9 Å². The van der Waals surface area contributed by atoms with E-state index < -0.39 is 0 Å². The van der Waals surface area contributed by atoms with Crippen molar-refractivity contribution >= 4 is 11.8 Å². The number of amides is 2. The van der Waals surface area contributed by atoms with Gasteiger partial charge in [0.1, 0.15) is 0 Å². The van der Waals surface area contributed by atoms with Crippen LogP contribution in [0.2, 0.25) is 0 Å². The Balaban J connectivity index is 0.000000220. The van der Waals surface area contributed by atoms with E-state index in [0.29, 0.717) is 23.9 Å². The van der Waals surface area contributed by atoms with E-state index in [4.69, 9.17) is 0 Å². The predicted octanol–water partition coefficient (Wildman–Crippen LogP) is 3.40. The summed E-state index contributed by atoms with van der Waals surface area (Å²) < 4.78 is 0. The monoisotopic (exact) mass is 310 g/mol. The molecule has 0 unspecified atom stereocenters. The molecule has 2 aliphatic rings. The van der Waals surface area contributed by atoms with E-state index >= 15 is 0 Å². The molecule has 0 saturated heterocycles. The largest absolute Gasteiger partial charge is 0.354 e. The molecule has 2 rings (SSSR count). The van der Waals surface area contributed by atoms with E-state index in [1.165, 1.54) is 25.7 Å². The Hall–Kier alpha value is -1.06. The van der Waals surface area contributed by atoms with E-state index in [9.17, 15) is 9.59 Å². The summed E-state index contributed by atoms with van der Waals surface area (Å²) in [5, 5.41) is 5.89. The summed E-state index contributed by atoms with van der Waals surface area (Å²) in [6.45, 7) is 8.03. The first-order valence-corrected chi connectivity index (χ1v) is 9.01. The van der Waals surface area contributed by atoms with Crippen LogP contribution < -0.4 is 10.6 Å². The normalized spacial score (nSPS) is 19.2. The van der Waals surface area contributed by atoms with Crippen LogP contribution in [0.25, 0.3) is 0 Å². The third-order valence-corrected chi connectivity index (χ3v) is 4.31. The van der Waals surface area contributed by atoms with Gasteiger partial charge in [-0.2, -0.15) is 0 Å². The summed E-state index contributed by atoms with van der Waals surface area (Å²) in [5.74, 6) is 1.16. The van der Waals surface area contributed by atoms with Crippen LogP contribution in [0.3, 0.4) is 0 Å². The fraction of sp³-hybridized carbons (Fsp3) is 0.889. The molecule has 0 heterocycles.